The molecule has 14 nitrogen and oxygen atoms in total. The lowest BCUT2D eigenvalue weighted by Crippen LogP contribution is -2.58. The van der Waals surface area contributed by atoms with E-state index in [2.05, 4.69) is 37.0 Å². The largest absolute Gasteiger partial charge is 0.490 e. The van der Waals surface area contributed by atoms with Crippen LogP contribution in [0.3, 0.4) is 0 Å². The van der Waals surface area contributed by atoms with Gasteiger partial charge < -0.3 is 25.2 Å². The van der Waals surface area contributed by atoms with Gasteiger partial charge in [-0.1, -0.05) is 17.7 Å². The Morgan fingerprint density at radius 3 is 2.27 bits per heavy atom. The molecular weight excluding hydrogens is 790 g/mol. The van der Waals surface area contributed by atoms with Gasteiger partial charge >= 0.3 is 0 Å². The number of nitrogens with two attached hydrogens (primary N) is 1. The summed E-state index contributed by atoms with van der Waals surface area (Å²) in [6.07, 6.45) is 7.19. The standard InChI is InChI=1S/C43H48ClN9O5S/c44-35-20-32(7-1-26(35)21-45)58-31-8-4-27(5-9-31)52-39(54)14-12-37(42(52)57)53-41(56)34-19-28(6-10-33(34)43(53)59)51-29-2-3-30(51)24-49(23-29)22-25-15-17-50(18-16-25)38-13-11-36(40(46)55)47-48-38/h1,6-7,10-11,13,19-20,25,27,29-31,37,43,59H,2-5,8-9,12,14-18,22-24H2,(H2,46,55)/t27?,29-,30-,31?,37-,43-/m1/s1. The fourth-order valence-electron chi connectivity index (χ4n) is 10.4. The molecule has 4 atom stereocenters. The van der Waals surface area contributed by atoms with Crippen LogP contribution in [-0.4, -0.2) is 112 Å². The van der Waals surface area contributed by atoms with E-state index in [9.17, 15) is 24.4 Å². The van der Waals surface area contributed by atoms with Gasteiger partial charge in [0.2, 0.25) is 5.91 Å². The Balaban J connectivity index is 0.805. The number of imide groups is 1. The molecule has 4 saturated heterocycles. The third kappa shape index (κ3) is 7.59. The van der Waals surface area contributed by atoms with Crippen LogP contribution < -0.4 is 20.3 Å². The third-order valence-electron chi connectivity index (χ3n) is 13.4. The minimum absolute atomic E-state index is 0.104. The maximum atomic E-state index is 14.3. The SMILES string of the molecule is N#Cc1ccc(OC2CCC(N3C(=O)CC[C@@H](N4C(=O)c5cc(N6[C@@H]7CC[C@@H]6CN(CC6CCN(c8ccc(C(N)=O)nn8)CC6)C7)ccc5[C@H]4S)C3=O)CC2)cc1Cl. The molecule has 2 N–H and O–H groups in total. The summed E-state index contributed by atoms with van der Waals surface area (Å²) in [7, 11) is 0. The number of benzene rings is 2. The highest BCUT2D eigenvalue weighted by molar-refractivity contribution is 7.80. The van der Waals surface area contributed by atoms with Gasteiger partial charge in [0.05, 0.1) is 16.7 Å². The first-order chi connectivity index (χ1) is 28.6. The van der Waals surface area contributed by atoms with Crippen molar-refractivity contribution < 1.29 is 23.9 Å². The number of likely N-dealkylation sites (tertiary alicyclic amines) is 2. The van der Waals surface area contributed by atoms with Crippen molar-refractivity contribution in [1.29, 1.82) is 5.26 Å². The molecule has 0 unspecified atom stereocenters. The number of anilines is 2. The molecule has 3 aromatic rings. The zero-order chi connectivity index (χ0) is 40.9. The summed E-state index contributed by atoms with van der Waals surface area (Å²) in [5, 5.41) is 17.1. The molecule has 16 heteroatoms. The zero-order valence-electron chi connectivity index (χ0n) is 32.8. The lowest BCUT2D eigenvalue weighted by atomic mass is 9.89. The van der Waals surface area contributed by atoms with E-state index < -0.39 is 17.3 Å². The molecule has 0 radical (unpaired) electrons. The number of aromatic nitrogens is 2. The van der Waals surface area contributed by atoms with Crippen LogP contribution in [0.25, 0.3) is 0 Å². The van der Waals surface area contributed by atoms with Crippen LogP contribution in [-0.2, 0) is 9.59 Å². The maximum absolute atomic E-state index is 14.3. The number of ether oxygens (including phenoxy) is 1. The Kier molecular flexibility index (Phi) is 10.9. The van der Waals surface area contributed by atoms with E-state index >= 15 is 0 Å². The zero-order valence-corrected chi connectivity index (χ0v) is 34.4. The van der Waals surface area contributed by atoms with E-state index in [0.717, 1.165) is 75.5 Å². The molecule has 1 aliphatic carbocycles. The second kappa shape index (κ2) is 16.3. The van der Waals surface area contributed by atoms with Crippen molar-refractivity contribution in [2.75, 3.05) is 42.5 Å². The molecule has 0 spiro atoms. The highest BCUT2D eigenvalue weighted by atomic mass is 35.5. The van der Waals surface area contributed by atoms with E-state index in [1.165, 1.54) is 4.90 Å². The molecule has 59 heavy (non-hydrogen) atoms. The van der Waals surface area contributed by atoms with Crippen molar-refractivity contribution in [2.45, 2.75) is 99.9 Å². The Bertz CT molecular complexity index is 2170. The number of nitrogens with zero attached hydrogens (tertiary/aromatic N) is 8. The molecule has 5 aliphatic heterocycles. The van der Waals surface area contributed by atoms with E-state index in [1.54, 1.807) is 29.2 Å². The summed E-state index contributed by atoms with van der Waals surface area (Å²) in [6.45, 7) is 4.79. The summed E-state index contributed by atoms with van der Waals surface area (Å²) in [6, 6.07) is 16.3. The summed E-state index contributed by atoms with van der Waals surface area (Å²) >= 11 is 11.1. The molecule has 2 bridgehead atoms. The molecule has 308 valence electrons. The van der Waals surface area contributed by atoms with Gasteiger partial charge in [-0.05, 0) is 106 Å². The number of carbonyl (C=O) groups is 4. The summed E-state index contributed by atoms with van der Waals surface area (Å²) in [5.41, 5.74) is 8.30. The van der Waals surface area contributed by atoms with Crippen molar-refractivity contribution in [1.82, 2.24) is 24.9 Å². The Morgan fingerprint density at radius 1 is 0.881 bits per heavy atom. The van der Waals surface area contributed by atoms with Crippen LogP contribution in [0.1, 0.15) is 102 Å². The van der Waals surface area contributed by atoms with Gasteiger partial charge in [-0.25, -0.2) is 0 Å². The van der Waals surface area contributed by atoms with Gasteiger partial charge in [0.25, 0.3) is 17.7 Å². The third-order valence-corrected chi connectivity index (χ3v) is 14.2. The van der Waals surface area contributed by atoms with Crippen LogP contribution in [0, 0.1) is 17.2 Å². The van der Waals surface area contributed by atoms with Crippen LogP contribution >= 0.6 is 24.2 Å². The molecule has 2 aromatic carbocycles. The lowest BCUT2D eigenvalue weighted by Gasteiger charge is -2.44. The fraction of sp³-hybridized carbons (Fsp3) is 0.512. The highest BCUT2D eigenvalue weighted by Crippen LogP contribution is 2.44. The average Bonchev–Trinajstić information content (AvgIpc) is 3.65. The number of nitriles is 1. The second-order valence-electron chi connectivity index (χ2n) is 16.9. The number of primary amides is 1. The highest BCUT2D eigenvalue weighted by Gasteiger charge is 2.49. The molecule has 5 fully saturated rings. The Morgan fingerprint density at radius 2 is 1.61 bits per heavy atom. The minimum Gasteiger partial charge on any atom is -0.490 e. The predicted molar refractivity (Wildman–Crippen MR) is 223 cm³/mol. The summed E-state index contributed by atoms with van der Waals surface area (Å²) in [5.74, 6) is 0.643. The van der Waals surface area contributed by atoms with Crippen LogP contribution in [0.15, 0.2) is 48.5 Å². The van der Waals surface area contributed by atoms with Gasteiger partial charge in [-0.3, -0.25) is 29.0 Å². The molecule has 1 saturated carbocycles. The molecule has 9 rings (SSSR count). The van der Waals surface area contributed by atoms with Crippen molar-refractivity contribution >= 4 is 59.4 Å². The first-order valence-corrected chi connectivity index (χ1v) is 21.7. The lowest BCUT2D eigenvalue weighted by molar-refractivity contribution is -0.156. The number of thiol groups is 1. The first kappa shape index (κ1) is 39.5. The van der Waals surface area contributed by atoms with Crippen LogP contribution in [0.4, 0.5) is 11.5 Å². The smallest absolute Gasteiger partial charge is 0.269 e. The quantitative estimate of drug-likeness (QED) is 0.221. The van der Waals surface area contributed by atoms with Crippen molar-refractivity contribution in [2.24, 2.45) is 11.7 Å². The fourth-order valence-corrected chi connectivity index (χ4v) is 11.1. The van der Waals surface area contributed by atoms with Crippen molar-refractivity contribution in [3.8, 4) is 11.8 Å². The summed E-state index contributed by atoms with van der Waals surface area (Å²) < 4.78 is 6.16. The van der Waals surface area contributed by atoms with E-state index in [0.29, 0.717) is 65.6 Å². The number of piperazine rings is 1. The van der Waals surface area contributed by atoms with Gasteiger partial charge in [0, 0.05) is 74.6 Å². The van der Waals surface area contributed by atoms with Gasteiger partial charge in [-0.15, -0.1) is 22.8 Å². The first-order valence-electron chi connectivity index (χ1n) is 20.8. The minimum atomic E-state index is -0.768. The Labute approximate surface area is 354 Å². The second-order valence-corrected chi connectivity index (χ2v) is 17.8. The number of rotatable bonds is 9. The van der Waals surface area contributed by atoms with E-state index in [-0.39, 0.29) is 48.4 Å². The monoisotopic (exact) mass is 837 g/mol. The molecule has 1 aromatic heterocycles. The van der Waals surface area contributed by atoms with Crippen molar-refractivity contribution in [3.05, 3.63) is 75.9 Å². The number of fused-ring (bicyclic) bond motifs is 3. The van der Waals surface area contributed by atoms with E-state index in [4.69, 9.17) is 34.7 Å². The maximum Gasteiger partial charge on any atom is 0.269 e. The number of halogens is 1. The van der Waals surface area contributed by atoms with Gasteiger partial charge in [-0.2, -0.15) is 5.26 Å². The van der Waals surface area contributed by atoms with Crippen molar-refractivity contribution in [3.63, 3.8) is 0 Å². The Hall–Kier alpha value is -4.91. The molecule has 6 heterocycles. The number of amides is 4. The molecule has 6 aliphatic rings. The number of hydrogen-bond donors (Lipinski definition) is 2. The summed E-state index contributed by atoms with van der Waals surface area (Å²) in [4.78, 5) is 63.5. The number of carbonyl (C=O) groups excluding carboxylic acids is 4. The van der Waals surface area contributed by atoms with Crippen LogP contribution in [0.5, 0.6) is 5.75 Å². The van der Waals surface area contributed by atoms with E-state index in [1.807, 2.05) is 18.2 Å². The van der Waals surface area contributed by atoms with Gasteiger partial charge in [0.15, 0.2) is 11.5 Å². The number of piperidine rings is 2. The molecule has 4 amide bonds. The topological polar surface area (TPSA) is 169 Å². The molecular formula is C43H48ClN9O5S. The number of hydrogen-bond acceptors (Lipinski definition) is 12. The van der Waals surface area contributed by atoms with Crippen LogP contribution in [0.2, 0.25) is 5.02 Å². The predicted octanol–water partition coefficient (Wildman–Crippen LogP) is 4.96. The van der Waals surface area contributed by atoms with Gasteiger partial charge in [0.1, 0.15) is 23.2 Å². The average molecular weight is 838 g/mol. The normalized spacial score (nSPS) is 27.6.